The molecule has 2 rings (SSSR count). The molecule has 86 valence electrons. The molecule has 1 atom stereocenters. The Morgan fingerprint density at radius 1 is 1.50 bits per heavy atom. The summed E-state index contributed by atoms with van der Waals surface area (Å²) in [5.41, 5.74) is 5.31. The number of nitrogens with two attached hydrogens (primary N) is 1. The summed E-state index contributed by atoms with van der Waals surface area (Å²) in [5.74, 6) is 0.971. The van der Waals surface area contributed by atoms with Gasteiger partial charge >= 0.3 is 12.0 Å². The maximum atomic E-state index is 5.31. The van der Waals surface area contributed by atoms with Gasteiger partial charge in [0.25, 0.3) is 0 Å². The van der Waals surface area contributed by atoms with Crippen LogP contribution in [0.4, 0.5) is 12.0 Å². The first-order chi connectivity index (χ1) is 7.74. The Kier molecular flexibility index (Phi) is 3.09. The van der Waals surface area contributed by atoms with Gasteiger partial charge in [-0.15, -0.1) is 0 Å². The monoisotopic (exact) mass is 222 g/mol. The highest BCUT2D eigenvalue weighted by Crippen LogP contribution is 2.11. The van der Waals surface area contributed by atoms with E-state index in [1.807, 2.05) is 19.1 Å². The van der Waals surface area contributed by atoms with Gasteiger partial charge in [0.05, 0.1) is 6.26 Å². The Bertz CT molecular complexity index is 424. The third-order valence-corrected chi connectivity index (χ3v) is 2.21. The van der Waals surface area contributed by atoms with E-state index < -0.39 is 0 Å². The van der Waals surface area contributed by atoms with E-state index in [1.54, 1.807) is 6.26 Å². The quantitative estimate of drug-likeness (QED) is 0.799. The molecule has 16 heavy (non-hydrogen) atoms. The minimum atomic E-state index is 0.0701. The Balaban J connectivity index is 1.78. The Morgan fingerprint density at radius 2 is 2.38 bits per heavy atom. The molecule has 2 aromatic rings. The predicted molar refractivity (Wildman–Crippen MR) is 58.8 cm³/mol. The average Bonchev–Trinajstić information content (AvgIpc) is 2.87. The highest BCUT2D eigenvalue weighted by atomic mass is 16.4. The van der Waals surface area contributed by atoms with Crippen molar-refractivity contribution in [2.75, 3.05) is 11.1 Å². The van der Waals surface area contributed by atoms with Crippen LogP contribution in [-0.4, -0.2) is 16.2 Å². The molecule has 0 bridgehead atoms. The van der Waals surface area contributed by atoms with Crippen molar-refractivity contribution < 1.29 is 8.83 Å². The summed E-state index contributed by atoms with van der Waals surface area (Å²) in [5, 5.41) is 10.3. The number of hydrogen-bond acceptors (Lipinski definition) is 6. The van der Waals surface area contributed by atoms with Gasteiger partial charge in [0.15, 0.2) is 0 Å². The van der Waals surface area contributed by atoms with Gasteiger partial charge in [-0.05, 0) is 25.5 Å². The minimum Gasteiger partial charge on any atom is -0.469 e. The molecule has 0 aliphatic heterocycles. The molecule has 3 N–H and O–H groups in total. The van der Waals surface area contributed by atoms with Crippen LogP contribution in [0.5, 0.6) is 0 Å². The predicted octanol–water partition coefficient (Wildman–Crippen LogP) is 1.68. The van der Waals surface area contributed by atoms with Crippen molar-refractivity contribution in [1.82, 2.24) is 10.2 Å². The number of hydrogen-bond donors (Lipinski definition) is 2. The number of nitrogens with one attached hydrogen (secondary N) is 1. The number of rotatable bonds is 5. The van der Waals surface area contributed by atoms with Gasteiger partial charge in [-0.2, -0.15) is 0 Å². The number of aromatic nitrogens is 2. The summed E-state index contributed by atoms with van der Waals surface area (Å²) < 4.78 is 10.3. The zero-order chi connectivity index (χ0) is 11.4. The summed E-state index contributed by atoms with van der Waals surface area (Å²) in [6.07, 6.45) is 3.45. The second kappa shape index (κ2) is 4.69. The lowest BCUT2D eigenvalue weighted by atomic mass is 10.1. The molecule has 6 nitrogen and oxygen atoms in total. The Hall–Kier alpha value is -1.98. The first-order valence-corrected chi connectivity index (χ1v) is 5.12. The molecule has 0 radical (unpaired) electrons. The van der Waals surface area contributed by atoms with E-state index in [9.17, 15) is 0 Å². The van der Waals surface area contributed by atoms with Crippen molar-refractivity contribution in [3.8, 4) is 0 Å². The summed E-state index contributed by atoms with van der Waals surface area (Å²) in [6, 6.07) is 4.47. The number of nitrogens with zero attached hydrogens (tertiary/aromatic N) is 2. The van der Waals surface area contributed by atoms with Crippen LogP contribution < -0.4 is 11.1 Å². The maximum absolute atomic E-state index is 5.31. The first kappa shape index (κ1) is 10.5. The number of furan rings is 1. The van der Waals surface area contributed by atoms with Gasteiger partial charge < -0.3 is 19.9 Å². The van der Waals surface area contributed by atoms with Crippen molar-refractivity contribution in [3.05, 3.63) is 24.2 Å². The Labute approximate surface area is 92.8 Å². The van der Waals surface area contributed by atoms with Crippen LogP contribution in [0, 0.1) is 0 Å². The lowest BCUT2D eigenvalue weighted by Gasteiger charge is -2.09. The fourth-order valence-corrected chi connectivity index (χ4v) is 1.39. The van der Waals surface area contributed by atoms with Gasteiger partial charge in [0.2, 0.25) is 0 Å². The topological polar surface area (TPSA) is 90.1 Å². The summed E-state index contributed by atoms with van der Waals surface area (Å²) in [6.45, 7) is 2.03. The SMILES string of the molecule is CC(CCc1ccco1)Nc1nnc(N)o1. The zero-order valence-electron chi connectivity index (χ0n) is 9.01. The molecule has 2 heterocycles. The first-order valence-electron chi connectivity index (χ1n) is 5.12. The van der Waals surface area contributed by atoms with Crippen molar-refractivity contribution in [1.29, 1.82) is 0 Å². The van der Waals surface area contributed by atoms with E-state index in [4.69, 9.17) is 14.6 Å². The fourth-order valence-electron chi connectivity index (χ4n) is 1.39. The maximum Gasteiger partial charge on any atom is 0.317 e. The molecule has 1 unspecified atom stereocenters. The molecule has 2 aromatic heterocycles. The average molecular weight is 222 g/mol. The van der Waals surface area contributed by atoms with Gasteiger partial charge in [0.1, 0.15) is 5.76 Å². The van der Waals surface area contributed by atoms with Crippen LogP contribution in [0.3, 0.4) is 0 Å². The standard InChI is InChI=1S/C10H14N4O2/c1-7(4-5-8-3-2-6-15-8)12-10-14-13-9(11)16-10/h2-3,6-7H,4-5H2,1H3,(H2,11,13)(H,12,14). The molecule has 6 heteroatoms. The number of aryl methyl sites for hydroxylation is 1. The molecule has 0 saturated heterocycles. The highest BCUT2D eigenvalue weighted by Gasteiger charge is 2.08. The molecule has 0 spiro atoms. The lowest BCUT2D eigenvalue weighted by Crippen LogP contribution is -2.16. The van der Waals surface area contributed by atoms with E-state index in [1.165, 1.54) is 0 Å². The van der Waals surface area contributed by atoms with Crippen molar-refractivity contribution in [2.24, 2.45) is 0 Å². The molecule has 0 aliphatic rings. The summed E-state index contributed by atoms with van der Waals surface area (Å²) in [7, 11) is 0. The summed E-state index contributed by atoms with van der Waals surface area (Å²) in [4.78, 5) is 0. The minimum absolute atomic E-state index is 0.0701. The van der Waals surface area contributed by atoms with E-state index in [0.29, 0.717) is 6.01 Å². The van der Waals surface area contributed by atoms with E-state index >= 15 is 0 Å². The smallest absolute Gasteiger partial charge is 0.317 e. The zero-order valence-corrected chi connectivity index (χ0v) is 9.01. The molecule has 0 aliphatic carbocycles. The van der Waals surface area contributed by atoms with Gasteiger partial charge in [-0.3, -0.25) is 0 Å². The van der Waals surface area contributed by atoms with Crippen molar-refractivity contribution in [3.63, 3.8) is 0 Å². The normalized spacial score (nSPS) is 12.6. The Morgan fingerprint density at radius 3 is 3.00 bits per heavy atom. The van der Waals surface area contributed by atoms with Gasteiger partial charge in [0, 0.05) is 12.5 Å². The van der Waals surface area contributed by atoms with E-state index in [-0.39, 0.29) is 12.1 Å². The number of nitrogen functional groups attached to an aromatic ring is 1. The van der Waals surface area contributed by atoms with Crippen LogP contribution >= 0.6 is 0 Å². The molecular weight excluding hydrogens is 208 g/mol. The van der Waals surface area contributed by atoms with Crippen molar-refractivity contribution >= 4 is 12.0 Å². The molecule has 0 fully saturated rings. The van der Waals surface area contributed by atoms with Crippen molar-refractivity contribution in [2.45, 2.75) is 25.8 Å². The largest absolute Gasteiger partial charge is 0.469 e. The fraction of sp³-hybridized carbons (Fsp3) is 0.400. The molecule has 0 amide bonds. The van der Waals surface area contributed by atoms with Crippen LogP contribution in [0.2, 0.25) is 0 Å². The van der Waals surface area contributed by atoms with Crippen LogP contribution in [0.1, 0.15) is 19.1 Å². The molecule has 0 saturated carbocycles. The second-order valence-electron chi connectivity index (χ2n) is 3.61. The van der Waals surface area contributed by atoms with Crippen LogP contribution in [-0.2, 0) is 6.42 Å². The lowest BCUT2D eigenvalue weighted by molar-refractivity contribution is 0.491. The van der Waals surface area contributed by atoms with Crippen LogP contribution in [0.25, 0.3) is 0 Å². The molecular formula is C10H14N4O2. The summed E-state index contributed by atoms with van der Waals surface area (Å²) >= 11 is 0. The van der Waals surface area contributed by atoms with E-state index in [0.717, 1.165) is 18.6 Å². The molecule has 0 aromatic carbocycles. The highest BCUT2D eigenvalue weighted by molar-refractivity contribution is 5.23. The van der Waals surface area contributed by atoms with Gasteiger partial charge in [-0.1, -0.05) is 10.2 Å². The third-order valence-electron chi connectivity index (χ3n) is 2.21. The van der Waals surface area contributed by atoms with E-state index in [2.05, 4.69) is 15.5 Å². The van der Waals surface area contributed by atoms with Crippen LogP contribution in [0.15, 0.2) is 27.2 Å². The third kappa shape index (κ3) is 2.75. The van der Waals surface area contributed by atoms with Gasteiger partial charge in [-0.25, -0.2) is 0 Å². The second-order valence-corrected chi connectivity index (χ2v) is 3.61. The number of anilines is 2.